The second-order valence-electron chi connectivity index (χ2n) is 3.79. The summed E-state index contributed by atoms with van der Waals surface area (Å²) in [5.41, 5.74) is 0. The van der Waals surface area contributed by atoms with Gasteiger partial charge in [0, 0.05) is 33.9 Å². The first-order valence-corrected chi connectivity index (χ1v) is 6.32. The molecule has 0 aromatic carbocycles. The molecule has 0 aliphatic carbocycles. The fraction of sp³-hybridized carbons (Fsp3) is 0.833. The number of rotatable bonds is 10. The van der Waals surface area contributed by atoms with Crippen molar-refractivity contribution in [3.63, 3.8) is 0 Å². The van der Waals surface area contributed by atoms with Gasteiger partial charge in [0.25, 0.3) is 0 Å². The molecule has 0 saturated heterocycles. The van der Waals surface area contributed by atoms with Crippen LogP contribution in [0.3, 0.4) is 0 Å². The molecule has 7 heteroatoms. The molecule has 0 aromatic heterocycles. The van der Waals surface area contributed by atoms with Crippen LogP contribution in [0.1, 0.15) is 13.3 Å². The van der Waals surface area contributed by atoms with E-state index in [-0.39, 0.29) is 12.6 Å². The van der Waals surface area contributed by atoms with Crippen LogP contribution < -0.4 is 5.32 Å². The first kappa shape index (κ1) is 17.7. The molecule has 0 fully saturated rings. The summed E-state index contributed by atoms with van der Waals surface area (Å²) in [6.07, 6.45) is 0.729. The van der Waals surface area contributed by atoms with Gasteiger partial charge in [0.1, 0.15) is 6.54 Å². The first-order valence-electron chi connectivity index (χ1n) is 6.32. The van der Waals surface area contributed by atoms with Gasteiger partial charge in [-0.2, -0.15) is 0 Å². The summed E-state index contributed by atoms with van der Waals surface area (Å²) < 4.78 is 14.6. The molecular weight excluding hydrogens is 252 g/mol. The van der Waals surface area contributed by atoms with Crippen molar-refractivity contribution in [3.8, 4) is 0 Å². The number of carbonyl (C=O) groups is 2. The Hall–Kier alpha value is -1.34. The van der Waals surface area contributed by atoms with E-state index < -0.39 is 5.97 Å². The van der Waals surface area contributed by atoms with E-state index in [9.17, 15) is 9.59 Å². The van der Waals surface area contributed by atoms with Crippen LogP contribution in [0, 0.1) is 0 Å². The monoisotopic (exact) mass is 276 g/mol. The van der Waals surface area contributed by atoms with Crippen molar-refractivity contribution in [1.82, 2.24) is 10.2 Å². The van der Waals surface area contributed by atoms with Gasteiger partial charge in [0.05, 0.1) is 13.2 Å². The Balaban J connectivity index is 4.08. The summed E-state index contributed by atoms with van der Waals surface area (Å²) in [6, 6.07) is -0.304. The molecule has 0 atom stereocenters. The maximum absolute atomic E-state index is 11.9. The summed E-state index contributed by atoms with van der Waals surface area (Å²) in [6.45, 7) is 3.93. The summed E-state index contributed by atoms with van der Waals surface area (Å²) >= 11 is 0. The molecule has 19 heavy (non-hydrogen) atoms. The van der Waals surface area contributed by atoms with Gasteiger partial charge in [0.15, 0.2) is 0 Å². The zero-order valence-electron chi connectivity index (χ0n) is 11.9. The Morgan fingerprint density at radius 2 is 1.79 bits per heavy atom. The average Bonchev–Trinajstić information content (AvgIpc) is 2.40. The van der Waals surface area contributed by atoms with Crippen LogP contribution in [0.5, 0.6) is 0 Å². The highest BCUT2D eigenvalue weighted by Crippen LogP contribution is 1.94. The largest absolute Gasteiger partial charge is 0.465 e. The van der Waals surface area contributed by atoms with E-state index in [2.05, 4.69) is 5.32 Å². The normalized spacial score (nSPS) is 10.1. The lowest BCUT2D eigenvalue weighted by Crippen LogP contribution is -2.44. The molecule has 2 amide bonds. The van der Waals surface area contributed by atoms with Gasteiger partial charge in [-0.3, -0.25) is 4.79 Å². The van der Waals surface area contributed by atoms with E-state index in [0.29, 0.717) is 32.9 Å². The molecule has 0 heterocycles. The lowest BCUT2D eigenvalue weighted by Gasteiger charge is -2.22. The summed E-state index contributed by atoms with van der Waals surface area (Å²) in [4.78, 5) is 24.6. The van der Waals surface area contributed by atoms with Crippen molar-refractivity contribution >= 4 is 12.0 Å². The number of ether oxygens (including phenoxy) is 3. The van der Waals surface area contributed by atoms with Gasteiger partial charge in [-0.05, 0) is 13.3 Å². The van der Waals surface area contributed by atoms with Crippen molar-refractivity contribution in [2.24, 2.45) is 0 Å². The third-order valence-corrected chi connectivity index (χ3v) is 2.32. The Labute approximate surface area is 114 Å². The van der Waals surface area contributed by atoms with Crippen molar-refractivity contribution < 1.29 is 23.8 Å². The van der Waals surface area contributed by atoms with Crippen LogP contribution >= 0.6 is 0 Å². The lowest BCUT2D eigenvalue weighted by atomic mass is 10.4. The minimum Gasteiger partial charge on any atom is -0.465 e. The van der Waals surface area contributed by atoms with E-state index in [4.69, 9.17) is 14.2 Å². The van der Waals surface area contributed by atoms with Crippen molar-refractivity contribution in [2.45, 2.75) is 13.3 Å². The van der Waals surface area contributed by atoms with Gasteiger partial charge in [-0.25, -0.2) is 4.79 Å². The molecule has 0 radical (unpaired) electrons. The molecule has 0 aromatic rings. The quantitative estimate of drug-likeness (QED) is 0.457. The van der Waals surface area contributed by atoms with Crippen LogP contribution in [0.4, 0.5) is 4.79 Å². The van der Waals surface area contributed by atoms with E-state index >= 15 is 0 Å². The molecule has 1 N–H and O–H groups in total. The van der Waals surface area contributed by atoms with Crippen LogP contribution in [0.15, 0.2) is 0 Å². The fourth-order valence-electron chi connectivity index (χ4n) is 1.39. The summed E-state index contributed by atoms with van der Waals surface area (Å²) in [7, 11) is 3.18. The van der Waals surface area contributed by atoms with Gasteiger partial charge < -0.3 is 24.4 Å². The Morgan fingerprint density at radius 3 is 2.37 bits per heavy atom. The Bertz CT molecular complexity index is 261. The fourth-order valence-corrected chi connectivity index (χ4v) is 1.39. The third-order valence-electron chi connectivity index (χ3n) is 2.32. The highest BCUT2D eigenvalue weighted by Gasteiger charge is 2.14. The molecule has 0 aliphatic heterocycles. The zero-order valence-corrected chi connectivity index (χ0v) is 11.9. The predicted octanol–water partition coefficient (Wildman–Crippen LogP) is 0.244. The van der Waals surface area contributed by atoms with Gasteiger partial charge >= 0.3 is 12.0 Å². The number of amides is 2. The number of nitrogens with zero attached hydrogens (tertiary/aromatic N) is 1. The zero-order chi connectivity index (χ0) is 14.5. The second kappa shape index (κ2) is 11.7. The van der Waals surface area contributed by atoms with Gasteiger partial charge in [-0.15, -0.1) is 0 Å². The molecule has 0 aliphatic rings. The number of nitrogens with one attached hydrogen (secondary N) is 1. The Kier molecular flexibility index (Phi) is 10.9. The molecule has 112 valence electrons. The van der Waals surface area contributed by atoms with E-state index in [1.54, 1.807) is 26.0 Å². The van der Waals surface area contributed by atoms with Crippen LogP contribution in [-0.4, -0.2) is 70.6 Å². The number of urea groups is 1. The molecule has 0 rings (SSSR count). The van der Waals surface area contributed by atoms with Gasteiger partial charge in [-0.1, -0.05) is 0 Å². The Morgan fingerprint density at radius 1 is 1.11 bits per heavy atom. The van der Waals surface area contributed by atoms with Gasteiger partial charge in [0.2, 0.25) is 0 Å². The highest BCUT2D eigenvalue weighted by molar-refractivity contribution is 5.80. The molecule has 0 bridgehead atoms. The minimum atomic E-state index is -0.445. The number of hydrogen-bond donors (Lipinski definition) is 1. The minimum absolute atomic E-state index is 0.125. The standard InChI is InChI=1S/C12H24N2O5/c1-4-19-11(15)10-13-12(16)14(7-9-18-3)6-5-8-17-2/h4-10H2,1-3H3,(H,13,16). The van der Waals surface area contributed by atoms with E-state index in [0.717, 1.165) is 6.42 Å². The molecule has 7 nitrogen and oxygen atoms in total. The number of hydrogen-bond acceptors (Lipinski definition) is 5. The van der Waals surface area contributed by atoms with Crippen LogP contribution in [-0.2, 0) is 19.0 Å². The van der Waals surface area contributed by atoms with E-state index in [1.165, 1.54) is 0 Å². The third kappa shape index (κ3) is 9.26. The second-order valence-corrected chi connectivity index (χ2v) is 3.79. The maximum Gasteiger partial charge on any atom is 0.325 e. The highest BCUT2D eigenvalue weighted by atomic mass is 16.5. The first-order chi connectivity index (χ1) is 9.15. The van der Waals surface area contributed by atoms with Crippen LogP contribution in [0.2, 0.25) is 0 Å². The lowest BCUT2D eigenvalue weighted by molar-refractivity contribution is -0.141. The smallest absolute Gasteiger partial charge is 0.325 e. The average molecular weight is 276 g/mol. The predicted molar refractivity (Wildman–Crippen MR) is 70.0 cm³/mol. The number of carbonyl (C=O) groups excluding carboxylic acids is 2. The molecule has 0 spiro atoms. The molecule has 0 unspecified atom stereocenters. The van der Waals surface area contributed by atoms with Crippen molar-refractivity contribution in [2.75, 3.05) is 53.7 Å². The molecular formula is C12H24N2O5. The SMILES string of the molecule is CCOC(=O)CNC(=O)N(CCCOC)CCOC. The topological polar surface area (TPSA) is 77.1 Å². The molecule has 0 saturated carbocycles. The van der Waals surface area contributed by atoms with Crippen LogP contribution in [0.25, 0.3) is 0 Å². The summed E-state index contributed by atoms with van der Waals surface area (Å²) in [5, 5.41) is 2.52. The number of esters is 1. The summed E-state index contributed by atoms with van der Waals surface area (Å²) in [5.74, 6) is -0.445. The number of methoxy groups -OCH3 is 2. The van der Waals surface area contributed by atoms with E-state index in [1.807, 2.05) is 0 Å². The van der Waals surface area contributed by atoms with Crippen molar-refractivity contribution in [1.29, 1.82) is 0 Å². The maximum atomic E-state index is 11.9. The van der Waals surface area contributed by atoms with Crippen molar-refractivity contribution in [3.05, 3.63) is 0 Å².